The Labute approximate surface area is 213 Å². The van der Waals surface area contributed by atoms with Crippen LogP contribution in [0, 0.1) is 0 Å². The summed E-state index contributed by atoms with van der Waals surface area (Å²) in [5.41, 5.74) is 4.71. The molecule has 194 valence electrons. The fourth-order valence-corrected chi connectivity index (χ4v) is 4.38. The van der Waals surface area contributed by atoms with E-state index < -0.39 is 6.17 Å². The van der Waals surface area contributed by atoms with Crippen molar-refractivity contribution in [2.75, 3.05) is 31.6 Å². The van der Waals surface area contributed by atoms with Crippen molar-refractivity contribution < 1.29 is 19.1 Å². The zero-order valence-electron chi connectivity index (χ0n) is 21.5. The van der Waals surface area contributed by atoms with Gasteiger partial charge in [0.25, 0.3) is 0 Å². The number of allylic oxidation sites excluding steroid dienone is 4. The maximum Gasteiger partial charge on any atom is 0.344 e. The van der Waals surface area contributed by atoms with E-state index in [1.165, 1.54) is 0 Å². The molecule has 2 aliphatic rings. The summed E-state index contributed by atoms with van der Waals surface area (Å²) in [6.07, 6.45) is 9.12. The minimum atomic E-state index is -0.435. The molecule has 36 heavy (non-hydrogen) atoms. The van der Waals surface area contributed by atoms with Crippen LogP contribution in [0.3, 0.4) is 0 Å². The fraction of sp³-hybridized carbons (Fsp3) is 0.481. The third kappa shape index (κ3) is 7.19. The molecule has 1 aliphatic heterocycles. The molecule has 0 saturated heterocycles. The van der Waals surface area contributed by atoms with E-state index in [1.807, 2.05) is 29.2 Å². The van der Waals surface area contributed by atoms with E-state index >= 15 is 0 Å². The molecule has 0 radical (unpaired) electrons. The summed E-state index contributed by atoms with van der Waals surface area (Å²) in [4.78, 5) is 26.8. The highest BCUT2D eigenvalue weighted by molar-refractivity contribution is 5.99. The van der Waals surface area contributed by atoms with Gasteiger partial charge in [-0.15, -0.1) is 5.11 Å². The Morgan fingerprint density at radius 2 is 1.92 bits per heavy atom. The molecule has 1 heterocycles. The van der Waals surface area contributed by atoms with Gasteiger partial charge in [-0.05, 0) is 61.1 Å². The average molecular weight is 496 g/mol. The summed E-state index contributed by atoms with van der Waals surface area (Å²) in [5, 5.41) is 11.0. The summed E-state index contributed by atoms with van der Waals surface area (Å²) < 4.78 is 10.5. The summed E-state index contributed by atoms with van der Waals surface area (Å²) >= 11 is 0. The molecule has 0 bridgehead atoms. The lowest BCUT2D eigenvalue weighted by Gasteiger charge is -2.23. The van der Waals surface area contributed by atoms with Gasteiger partial charge in [0, 0.05) is 37.2 Å². The van der Waals surface area contributed by atoms with Crippen molar-refractivity contribution in [2.45, 2.75) is 59.0 Å². The first kappa shape index (κ1) is 27.0. The zero-order valence-corrected chi connectivity index (χ0v) is 21.5. The summed E-state index contributed by atoms with van der Waals surface area (Å²) in [6, 6.07) is 6.15. The normalized spacial score (nSPS) is 17.2. The van der Waals surface area contributed by atoms with Crippen LogP contribution < -0.4 is 11.2 Å². The van der Waals surface area contributed by atoms with Gasteiger partial charge in [-0.3, -0.25) is 4.79 Å². The van der Waals surface area contributed by atoms with Crippen LogP contribution in [0.2, 0.25) is 0 Å². The van der Waals surface area contributed by atoms with E-state index in [0.717, 1.165) is 60.5 Å². The van der Waals surface area contributed by atoms with Crippen LogP contribution >= 0.6 is 0 Å². The van der Waals surface area contributed by atoms with Crippen LogP contribution in [-0.4, -0.2) is 49.2 Å². The van der Waals surface area contributed by atoms with Gasteiger partial charge in [-0.2, -0.15) is 0 Å². The highest BCUT2D eigenvalue weighted by Gasteiger charge is 2.25. The smallest absolute Gasteiger partial charge is 0.344 e. The van der Waals surface area contributed by atoms with Gasteiger partial charge < -0.3 is 25.5 Å². The highest BCUT2D eigenvalue weighted by atomic mass is 16.6. The first-order valence-corrected chi connectivity index (χ1v) is 12.7. The number of nitrogens with two attached hydrogens (primary N) is 1. The lowest BCUT2D eigenvalue weighted by molar-refractivity contribution is -0.147. The number of hydrogen-bond acceptors (Lipinski definition) is 7. The SMILES string of the molecule is CCCN(CCC)C(=O)C1=Cc2ccc(C3=CC=C(OCC(=O)OCC)CC3)cc2NC(N=NN)C1. The van der Waals surface area contributed by atoms with E-state index in [9.17, 15) is 9.59 Å². The number of nitrogens with zero attached hydrogens (tertiary/aromatic N) is 3. The molecular weight excluding hydrogens is 458 g/mol. The van der Waals surface area contributed by atoms with E-state index in [-0.39, 0.29) is 18.5 Å². The summed E-state index contributed by atoms with van der Waals surface area (Å²) in [6.45, 7) is 7.62. The fourth-order valence-electron chi connectivity index (χ4n) is 4.38. The Balaban J connectivity index is 1.83. The summed E-state index contributed by atoms with van der Waals surface area (Å²) in [7, 11) is 0. The van der Waals surface area contributed by atoms with Gasteiger partial charge in [0.05, 0.1) is 12.4 Å². The molecule has 3 N–H and O–H groups in total. The van der Waals surface area contributed by atoms with Crippen molar-refractivity contribution in [1.29, 1.82) is 0 Å². The van der Waals surface area contributed by atoms with Crippen LogP contribution in [0.4, 0.5) is 5.69 Å². The molecule has 1 atom stereocenters. The van der Waals surface area contributed by atoms with Gasteiger partial charge in [-0.1, -0.05) is 37.3 Å². The van der Waals surface area contributed by atoms with Gasteiger partial charge in [0.15, 0.2) is 6.61 Å². The molecule has 1 aliphatic carbocycles. The van der Waals surface area contributed by atoms with Crippen molar-refractivity contribution in [3.63, 3.8) is 0 Å². The largest absolute Gasteiger partial charge is 0.486 e. The number of nitrogens with one attached hydrogen (secondary N) is 1. The van der Waals surface area contributed by atoms with E-state index in [2.05, 4.69) is 41.6 Å². The Morgan fingerprint density at radius 3 is 2.56 bits per heavy atom. The van der Waals surface area contributed by atoms with Crippen LogP contribution in [-0.2, 0) is 19.1 Å². The standard InChI is InChI=1S/C27H37N5O4/c1-4-13-32(14-5-2)27(34)22-15-21-8-7-20(16-24(21)29-25(17-22)30-31-28)19-9-11-23(12-10-19)36-18-26(33)35-6-3/h7-9,11,15-16,25,29H,4-6,10,12-14,17-18H2,1-3H3,(H2,28,30). The number of rotatable bonds is 11. The second-order valence-electron chi connectivity index (χ2n) is 8.78. The second-order valence-corrected chi connectivity index (χ2v) is 8.78. The van der Waals surface area contributed by atoms with Gasteiger partial charge in [0.1, 0.15) is 6.17 Å². The predicted molar refractivity (Wildman–Crippen MR) is 141 cm³/mol. The monoisotopic (exact) mass is 495 g/mol. The molecule has 9 heteroatoms. The van der Waals surface area contributed by atoms with Gasteiger partial charge in [-0.25, -0.2) is 4.79 Å². The molecule has 0 aromatic heterocycles. The zero-order chi connectivity index (χ0) is 25.9. The van der Waals surface area contributed by atoms with Crippen molar-refractivity contribution >= 4 is 29.2 Å². The number of esters is 1. The predicted octanol–water partition coefficient (Wildman–Crippen LogP) is 4.83. The molecule has 1 aromatic rings. The summed E-state index contributed by atoms with van der Waals surface area (Å²) in [5.74, 6) is 5.80. The molecule has 0 saturated carbocycles. The Kier molecular flexibility index (Phi) is 10.1. The molecule has 1 unspecified atom stereocenters. The van der Waals surface area contributed by atoms with E-state index in [4.69, 9.17) is 15.3 Å². The lowest BCUT2D eigenvalue weighted by Crippen LogP contribution is -2.34. The Morgan fingerprint density at radius 1 is 1.14 bits per heavy atom. The number of fused-ring (bicyclic) bond motifs is 1. The van der Waals surface area contributed by atoms with Crippen molar-refractivity contribution in [3.05, 3.63) is 52.8 Å². The van der Waals surface area contributed by atoms with Crippen LogP contribution in [0.15, 0.2) is 52.0 Å². The molecular formula is C27H37N5O4. The van der Waals surface area contributed by atoms with Crippen molar-refractivity contribution in [3.8, 4) is 0 Å². The number of benzene rings is 1. The number of carbonyl (C=O) groups excluding carboxylic acids is 2. The lowest BCUT2D eigenvalue weighted by atomic mass is 9.94. The topological polar surface area (TPSA) is 119 Å². The number of amides is 1. The second kappa shape index (κ2) is 13.5. The number of ether oxygens (including phenoxy) is 2. The quantitative estimate of drug-likeness (QED) is 0.196. The minimum Gasteiger partial charge on any atom is -0.486 e. The van der Waals surface area contributed by atoms with Gasteiger partial charge in [0.2, 0.25) is 5.91 Å². The number of hydrogen-bond donors (Lipinski definition) is 2. The maximum atomic E-state index is 13.3. The molecule has 0 fully saturated rings. The highest BCUT2D eigenvalue weighted by Crippen LogP contribution is 2.33. The number of carbonyl (C=O) groups is 2. The van der Waals surface area contributed by atoms with Gasteiger partial charge >= 0.3 is 5.97 Å². The van der Waals surface area contributed by atoms with E-state index in [0.29, 0.717) is 25.0 Å². The third-order valence-electron chi connectivity index (χ3n) is 6.04. The van der Waals surface area contributed by atoms with Crippen molar-refractivity contribution in [2.24, 2.45) is 16.2 Å². The Hall–Kier alpha value is -3.62. The molecule has 1 amide bonds. The van der Waals surface area contributed by atoms with Crippen LogP contribution in [0.1, 0.15) is 64.0 Å². The maximum absolute atomic E-state index is 13.3. The van der Waals surface area contributed by atoms with Crippen molar-refractivity contribution in [1.82, 2.24) is 4.90 Å². The van der Waals surface area contributed by atoms with Crippen LogP contribution in [0.25, 0.3) is 11.6 Å². The average Bonchev–Trinajstić information content (AvgIpc) is 3.06. The first-order chi connectivity index (χ1) is 17.5. The third-order valence-corrected chi connectivity index (χ3v) is 6.04. The van der Waals surface area contributed by atoms with E-state index in [1.54, 1.807) is 6.92 Å². The number of anilines is 1. The molecule has 0 spiro atoms. The molecule has 1 aromatic carbocycles. The van der Waals surface area contributed by atoms with Crippen LogP contribution in [0.5, 0.6) is 0 Å². The molecule has 3 rings (SSSR count). The molecule has 9 nitrogen and oxygen atoms in total. The first-order valence-electron chi connectivity index (χ1n) is 12.7. The Bertz CT molecular complexity index is 1050. The minimum absolute atomic E-state index is 0.0325.